The highest BCUT2D eigenvalue weighted by Crippen LogP contribution is 2.29. The Morgan fingerprint density at radius 3 is 2.57 bits per heavy atom. The molecule has 0 aliphatic rings. The third-order valence-electron chi connectivity index (χ3n) is 5.06. The van der Waals surface area contributed by atoms with Crippen molar-refractivity contribution in [1.82, 2.24) is 23.9 Å². The van der Waals surface area contributed by atoms with Crippen molar-refractivity contribution in [2.24, 2.45) is 7.05 Å². The molecule has 0 saturated heterocycles. The summed E-state index contributed by atoms with van der Waals surface area (Å²) in [6, 6.07) is 4.13. The van der Waals surface area contributed by atoms with Gasteiger partial charge in [-0.15, -0.1) is 0 Å². The van der Waals surface area contributed by atoms with E-state index in [9.17, 15) is 22.8 Å². The number of aryl methyl sites for hydroxylation is 1. The highest BCUT2D eigenvalue weighted by molar-refractivity contribution is 9.14. The van der Waals surface area contributed by atoms with Gasteiger partial charge in [-0.1, -0.05) is 29.9 Å². The number of rotatable bonds is 7. The predicted molar refractivity (Wildman–Crippen MR) is 141 cm³/mol. The van der Waals surface area contributed by atoms with E-state index in [4.69, 9.17) is 17.0 Å². The van der Waals surface area contributed by atoms with Gasteiger partial charge in [-0.25, -0.2) is 27.3 Å². The molecule has 2 aromatic heterocycles. The third kappa shape index (κ3) is 5.81. The minimum atomic E-state index is -1.40. The molecule has 0 atom stereocenters. The Balaban J connectivity index is 1.85. The van der Waals surface area contributed by atoms with Gasteiger partial charge in [0.05, 0.1) is 34.4 Å². The number of aromatic nitrogens is 5. The first kappa shape index (κ1) is 26.7. The zero-order valence-corrected chi connectivity index (χ0v) is 22.0. The number of thioether (sulfide) groups is 1. The topological polar surface area (TPSA) is 111 Å². The molecule has 0 unspecified atom stereocenters. The van der Waals surface area contributed by atoms with Crippen LogP contribution in [0.15, 0.2) is 50.4 Å². The van der Waals surface area contributed by atoms with Crippen LogP contribution in [-0.2, 0) is 20.1 Å². The first-order valence-electron chi connectivity index (χ1n) is 10.3. The standard InChI is InChI=1S/C22H16BrClF3N7O2S/c1-10(23)37-19(28)9-34-21(35)30-20(29-18-4-12-7-32(2)31-17(12)5-13(18)24)33(22(34)36)8-11-3-15(26)16(27)6-14(11)25/h3-7,28H,1,8-9H2,2H3,(H,29,30,35). The Bertz CT molecular complexity index is 1700. The van der Waals surface area contributed by atoms with E-state index in [1.807, 2.05) is 0 Å². The van der Waals surface area contributed by atoms with E-state index in [2.05, 4.69) is 37.9 Å². The van der Waals surface area contributed by atoms with Crippen molar-refractivity contribution in [3.63, 3.8) is 0 Å². The Hall–Kier alpha value is -3.36. The van der Waals surface area contributed by atoms with Gasteiger partial charge >= 0.3 is 11.4 Å². The molecule has 2 N–H and O–H groups in total. The number of nitrogens with zero attached hydrogens (tertiary/aromatic N) is 5. The second-order valence-corrected chi connectivity index (χ2v) is 10.8. The number of nitrogens with one attached hydrogen (secondary N) is 2. The van der Waals surface area contributed by atoms with Gasteiger partial charge in [0.15, 0.2) is 11.6 Å². The molecule has 2 aromatic carbocycles. The average molecular weight is 615 g/mol. The van der Waals surface area contributed by atoms with Crippen LogP contribution in [-0.4, -0.2) is 28.9 Å². The average Bonchev–Trinajstić information content (AvgIpc) is 3.15. The lowest BCUT2D eigenvalue weighted by atomic mass is 10.2. The number of halogens is 5. The largest absolute Gasteiger partial charge is 0.355 e. The molecule has 0 bridgehead atoms. The van der Waals surface area contributed by atoms with Gasteiger partial charge in [-0.05, 0) is 34.1 Å². The molecule has 0 amide bonds. The predicted octanol–water partition coefficient (Wildman–Crippen LogP) is 4.73. The smallest absolute Gasteiger partial charge is 0.324 e. The molecule has 15 heteroatoms. The zero-order valence-electron chi connectivity index (χ0n) is 18.9. The maximum atomic E-state index is 14.5. The number of hydrogen-bond acceptors (Lipinski definition) is 7. The Labute approximate surface area is 224 Å². The van der Waals surface area contributed by atoms with Crippen molar-refractivity contribution < 1.29 is 13.2 Å². The minimum Gasteiger partial charge on any atom is -0.324 e. The van der Waals surface area contributed by atoms with E-state index in [0.29, 0.717) is 31.4 Å². The van der Waals surface area contributed by atoms with Crippen LogP contribution in [0.1, 0.15) is 5.56 Å². The molecular formula is C22H16BrClF3N7O2S. The van der Waals surface area contributed by atoms with Gasteiger partial charge in [0.25, 0.3) is 0 Å². The SMILES string of the molecule is C=C(Br)SC(=N)Cn1c(=O)nc(Nc2cc3cn(C)nc3cc2Cl)n(Cc2cc(F)c(F)cc2F)c1=O. The van der Waals surface area contributed by atoms with E-state index < -0.39 is 41.9 Å². The van der Waals surface area contributed by atoms with Crippen LogP contribution in [0.5, 0.6) is 0 Å². The van der Waals surface area contributed by atoms with Gasteiger partial charge in [-0.2, -0.15) is 10.1 Å². The van der Waals surface area contributed by atoms with Crippen LogP contribution in [0.2, 0.25) is 5.02 Å². The molecule has 9 nitrogen and oxygen atoms in total. The summed E-state index contributed by atoms with van der Waals surface area (Å²) >= 11 is 10.3. The first-order chi connectivity index (χ1) is 17.4. The van der Waals surface area contributed by atoms with Crippen molar-refractivity contribution in [2.75, 3.05) is 5.32 Å². The summed E-state index contributed by atoms with van der Waals surface area (Å²) in [6.07, 6.45) is 1.72. The summed E-state index contributed by atoms with van der Waals surface area (Å²) in [5.41, 5.74) is -1.51. The van der Waals surface area contributed by atoms with Crippen molar-refractivity contribution in [3.8, 4) is 0 Å². The van der Waals surface area contributed by atoms with E-state index in [1.165, 1.54) is 0 Å². The fourth-order valence-electron chi connectivity index (χ4n) is 3.45. The van der Waals surface area contributed by atoms with Gasteiger partial charge < -0.3 is 5.32 Å². The molecule has 2 heterocycles. The minimum absolute atomic E-state index is 0.112. The first-order valence-corrected chi connectivity index (χ1v) is 12.3. The van der Waals surface area contributed by atoms with E-state index in [1.54, 1.807) is 30.1 Å². The number of anilines is 2. The molecule has 0 spiro atoms. The van der Waals surface area contributed by atoms with Gasteiger partial charge in [0.2, 0.25) is 5.95 Å². The normalized spacial score (nSPS) is 11.2. The Kier molecular flexibility index (Phi) is 7.62. The third-order valence-corrected chi connectivity index (χ3v) is 6.45. The lowest BCUT2D eigenvalue weighted by molar-refractivity contribution is 0.486. The summed E-state index contributed by atoms with van der Waals surface area (Å²) in [6.45, 7) is 2.52. The van der Waals surface area contributed by atoms with Crippen molar-refractivity contribution in [1.29, 1.82) is 5.41 Å². The maximum Gasteiger partial charge on any atom is 0.355 e. The summed E-state index contributed by atoms with van der Waals surface area (Å²) in [5.74, 6) is -4.15. The fourth-order valence-corrected chi connectivity index (χ4v) is 4.71. The van der Waals surface area contributed by atoms with Crippen LogP contribution in [0.3, 0.4) is 0 Å². The quantitative estimate of drug-likeness (QED) is 0.177. The van der Waals surface area contributed by atoms with Crippen LogP contribution in [0.4, 0.5) is 24.8 Å². The maximum absolute atomic E-state index is 14.5. The van der Waals surface area contributed by atoms with E-state index in [-0.39, 0.29) is 27.3 Å². The molecule has 0 radical (unpaired) electrons. The van der Waals surface area contributed by atoms with Crippen molar-refractivity contribution in [2.45, 2.75) is 13.1 Å². The molecular weight excluding hydrogens is 599 g/mol. The van der Waals surface area contributed by atoms with Gasteiger partial charge in [0, 0.05) is 34.1 Å². The number of benzene rings is 2. The second-order valence-electron chi connectivity index (χ2n) is 7.73. The molecule has 37 heavy (non-hydrogen) atoms. The molecule has 192 valence electrons. The molecule has 0 aliphatic heterocycles. The van der Waals surface area contributed by atoms with Crippen LogP contribution in [0, 0.1) is 22.9 Å². The molecule has 0 aliphatic carbocycles. The van der Waals surface area contributed by atoms with Gasteiger partial charge in [0.1, 0.15) is 5.82 Å². The molecule has 0 fully saturated rings. The van der Waals surface area contributed by atoms with E-state index in [0.717, 1.165) is 16.3 Å². The van der Waals surface area contributed by atoms with Crippen LogP contribution >= 0.6 is 39.3 Å². The summed E-state index contributed by atoms with van der Waals surface area (Å²) in [5, 5.41) is 15.8. The van der Waals surface area contributed by atoms with E-state index >= 15 is 0 Å². The van der Waals surface area contributed by atoms with Gasteiger partial charge in [-0.3, -0.25) is 14.7 Å². The summed E-state index contributed by atoms with van der Waals surface area (Å²) < 4.78 is 45.3. The highest BCUT2D eigenvalue weighted by Gasteiger charge is 2.19. The van der Waals surface area contributed by atoms with Crippen molar-refractivity contribution in [3.05, 3.63) is 89.9 Å². The lowest BCUT2D eigenvalue weighted by Gasteiger charge is -2.17. The molecule has 4 rings (SSSR count). The van der Waals surface area contributed by atoms with Crippen LogP contribution in [0.25, 0.3) is 10.9 Å². The number of hydrogen-bond donors (Lipinski definition) is 2. The Morgan fingerprint density at radius 1 is 1.16 bits per heavy atom. The summed E-state index contributed by atoms with van der Waals surface area (Å²) in [4.78, 5) is 30.0. The summed E-state index contributed by atoms with van der Waals surface area (Å²) in [7, 11) is 1.72. The van der Waals surface area contributed by atoms with Crippen molar-refractivity contribution >= 4 is 66.9 Å². The Morgan fingerprint density at radius 2 is 1.86 bits per heavy atom. The molecule has 0 saturated carbocycles. The monoisotopic (exact) mass is 613 g/mol. The second kappa shape index (κ2) is 10.6. The highest BCUT2D eigenvalue weighted by atomic mass is 79.9. The molecule has 4 aromatic rings. The number of fused-ring (bicyclic) bond motifs is 1. The zero-order chi connectivity index (χ0) is 27.0. The van der Waals surface area contributed by atoms with Crippen LogP contribution < -0.4 is 16.7 Å². The fraction of sp³-hybridized carbons (Fsp3) is 0.136. The lowest BCUT2D eigenvalue weighted by Crippen LogP contribution is -2.43.